The molecular formula is C19H18N2O4S. The van der Waals surface area contributed by atoms with Crippen LogP contribution < -0.4 is 19.7 Å². The van der Waals surface area contributed by atoms with Crippen LogP contribution in [-0.2, 0) is 9.59 Å². The Hall–Kier alpha value is -2.67. The topological polar surface area (TPSA) is 67.9 Å². The van der Waals surface area contributed by atoms with Gasteiger partial charge in [-0.25, -0.2) is 0 Å². The van der Waals surface area contributed by atoms with Crippen LogP contribution in [-0.4, -0.2) is 31.4 Å². The molecule has 1 atom stereocenters. The zero-order valence-corrected chi connectivity index (χ0v) is 15.0. The molecule has 0 radical (unpaired) electrons. The monoisotopic (exact) mass is 370 g/mol. The Kier molecular flexibility index (Phi) is 4.46. The number of thioether (sulfide) groups is 1. The van der Waals surface area contributed by atoms with E-state index < -0.39 is 0 Å². The maximum atomic E-state index is 12.6. The van der Waals surface area contributed by atoms with Gasteiger partial charge in [-0.05, 0) is 36.6 Å². The Morgan fingerprint density at radius 1 is 1.19 bits per heavy atom. The summed E-state index contributed by atoms with van der Waals surface area (Å²) in [5, 5.41) is 2.92. The van der Waals surface area contributed by atoms with Gasteiger partial charge in [0.2, 0.25) is 18.6 Å². The van der Waals surface area contributed by atoms with Crippen LogP contribution in [0.25, 0.3) is 0 Å². The van der Waals surface area contributed by atoms with Crippen LogP contribution in [0.15, 0.2) is 47.4 Å². The van der Waals surface area contributed by atoms with Gasteiger partial charge in [0.05, 0.1) is 5.92 Å². The molecule has 2 aromatic rings. The van der Waals surface area contributed by atoms with Gasteiger partial charge < -0.3 is 19.7 Å². The van der Waals surface area contributed by atoms with Crippen LogP contribution >= 0.6 is 11.8 Å². The Balaban J connectivity index is 1.46. The molecule has 7 heteroatoms. The molecule has 2 aromatic carbocycles. The summed E-state index contributed by atoms with van der Waals surface area (Å²) in [6.07, 6.45) is 2.18. The molecule has 0 bridgehead atoms. The number of hydrogen-bond acceptors (Lipinski definition) is 5. The van der Waals surface area contributed by atoms with Gasteiger partial charge in [0, 0.05) is 35.3 Å². The molecule has 0 aliphatic carbocycles. The fraction of sp³-hybridized carbons (Fsp3) is 0.263. The lowest BCUT2D eigenvalue weighted by molar-refractivity contribution is -0.122. The van der Waals surface area contributed by atoms with Crippen molar-refractivity contribution in [3.05, 3.63) is 42.5 Å². The molecular weight excluding hydrogens is 352 g/mol. The molecule has 1 unspecified atom stereocenters. The quantitative estimate of drug-likeness (QED) is 0.838. The number of fused-ring (bicyclic) bond motifs is 1. The van der Waals surface area contributed by atoms with Gasteiger partial charge in [-0.3, -0.25) is 9.59 Å². The van der Waals surface area contributed by atoms with E-state index in [0.29, 0.717) is 18.0 Å². The summed E-state index contributed by atoms with van der Waals surface area (Å²) in [4.78, 5) is 27.7. The number of ether oxygens (including phenoxy) is 2. The first-order valence-corrected chi connectivity index (χ1v) is 9.51. The van der Waals surface area contributed by atoms with Crippen molar-refractivity contribution < 1.29 is 19.1 Å². The number of nitrogens with zero attached hydrogens (tertiary/aromatic N) is 1. The fourth-order valence-electron chi connectivity index (χ4n) is 3.13. The lowest BCUT2D eigenvalue weighted by Crippen LogP contribution is -2.28. The highest BCUT2D eigenvalue weighted by atomic mass is 32.2. The summed E-state index contributed by atoms with van der Waals surface area (Å²) in [5.74, 6) is 0.702. The molecule has 1 N–H and O–H groups in total. The van der Waals surface area contributed by atoms with Gasteiger partial charge >= 0.3 is 0 Å². The van der Waals surface area contributed by atoms with Crippen LogP contribution in [0.2, 0.25) is 0 Å². The van der Waals surface area contributed by atoms with Gasteiger partial charge in [0.15, 0.2) is 11.5 Å². The second-order valence-corrected chi connectivity index (χ2v) is 7.04. The lowest BCUT2D eigenvalue weighted by atomic mass is 10.1. The normalized spacial score (nSPS) is 18.3. The third kappa shape index (κ3) is 3.22. The van der Waals surface area contributed by atoms with Gasteiger partial charge in [0.1, 0.15) is 0 Å². The molecule has 2 amide bonds. The molecule has 0 spiro atoms. The average Bonchev–Trinajstić information content (AvgIpc) is 3.27. The number of nitrogens with one attached hydrogen (secondary N) is 1. The Bertz CT molecular complexity index is 870. The largest absolute Gasteiger partial charge is 0.454 e. The third-order valence-corrected chi connectivity index (χ3v) is 5.23. The standard InChI is InChI=1S/C19H18N2O4S/c1-26-15-4-2-3-13(8-15)20-19(23)12-7-18(22)21(10-12)14-5-6-16-17(9-14)25-11-24-16/h2-6,8-9,12H,7,10-11H2,1H3,(H,20,23). The molecule has 2 aliphatic heterocycles. The molecule has 1 saturated heterocycles. The molecule has 2 heterocycles. The summed E-state index contributed by atoms with van der Waals surface area (Å²) in [6, 6.07) is 13.0. The minimum Gasteiger partial charge on any atom is -0.454 e. The van der Waals surface area contributed by atoms with Crippen molar-refractivity contribution in [2.24, 2.45) is 5.92 Å². The van der Waals surface area contributed by atoms with E-state index in [1.807, 2.05) is 36.6 Å². The molecule has 2 aliphatic rings. The smallest absolute Gasteiger partial charge is 0.231 e. The van der Waals surface area contributed by atoms with Crippen LogP contribution in [0.5, 0.6) is 11.5 Å². The zero-order valence-electron chi connectivity index (χ0n) is 14.2. The van der Waals surface area contributed by atoms with Gasteiger partial charge in [0.25, 0.3) is 0 Å². The van der Waals surface area contributed by atoms with E-state index in [-0.39, 0.29) is 30.9 Å². The van der Waals surface area contributed by atoms with Crippen LogP contribution in [0.1, 0.15) is 6.42 Å². The molecule has 134 valence electrons. The predicted molar refractivity (Wildman–Crippen MR) is 99.9 cm³/mol. The fourth-order valence-corrected chi connectivity index (χ4v) is 3.59. The van der Waals surface area contributed by atoms with E-state index in [4.69, 9.17) is 9.47 Å². The minimum absolute atomic E-state index is 0.0677. The van der Waals surface area contributed by atoms with Crippen molar-refractivity contribution in [3.63, 3.8) is 0 Å². The summed E-state index contributed by atoms with van der Waals surface area (Å²) in [6.45, 7) is 0.541. The van der Waals surface area contributed by atoms with E-state index >= 15 is 0 Å². The number of carbonyl (C=O) groups excluding carboxylic acids is 2. The average molecular weight is 370 g/mol. The summed E-state index contributed by atoms with van der Waals surface area (Å²) >= 11 is 1.61. The summed E-state index contributed by atoms with van der Waals surface area (Å²) in [5.41, 5.74) is 1.47. The van der Waals surface area contributed by atoms with E-state index in [2.05, 4.69) is 5.32 Å². The second-order valence-electron chi connectivity index (χ2n) is 6.16. The number of amides is 2. The molecule has 4 rings (SSSR count). The van der Waals surface area contributed by atoms with E-state index in [1.54, 1.807) is 28.8 Å². The van der Waals surface area contributed by atoms with Crippen LogP contribution in [0.4, 0.5) is 11.4 Å². The van der Waals surface area contributed by atoms with Crippen LogP contribution in [0, 0.1) is 5.92 Å². The van der Waals surface area contributed by atoms with Crippen molar-refractivity contribution in [2.75, 3.05) is 29.8 Å². The third-order valence-electron chi connectivity index (χ3n) is 4.50. The molecule has 6 nitrogen and oxygen atoms in total. The van der Waals surface area contributed by atoms with Crippen molar-refractivity contribution in [1.82, 2.24) is 0 Å². The number of rotatable bonds is 4. The van der Waals surface area contributed by atoms with Crippen LogP contribution in [0.3, 0.4) is 0 Å². The zero-order chi connectivity index (χ0) is 18.1. The predicted octanol–water partition coefficient (Wildman–Crippen LogP) is 3.13. The highest BCUT2D eigenvalue weighted by molar-refractivity contribution is 7.98. The summed E-state index contributed by atoms with van der Waals surface area (Å²) < 4.78 is 10.7. The van der Waals surface area contributed by atoms with E-state index in [0.717, 1.165) is 16.3 Å². The van der Waals surface area contributed by atoms with Gasteiger partial charge in [-0.1, -0.05) is 6.07 Å². The maximum Gasteiger partial charge on any atom is 0.231 e. The Morgan fingerprint density at radius 2 is 2.04 bits per heavy atom. The summed E-state index contributed by atoms with van der Waals surface area (Å²) in [7, 11) is 0. The molecule has 26 heavy (non-hydrogen) atoms. The highest BCUT2D eigenvalue weighted by Crippen LogP contribution is 2.37. The van der Waals surface area contributed by atoms with E-state index in [9.17, 15) is 9.59 Å². The Labute approximate surface area is 155 Å². The van der Waals surface area contributed by atoms with Gasteiger partial charge in [-0.2, -0.15) is 0 Å². The minimum atomic E-state index is -0.383. The van der Waals surface area contributed by atoms with Crippen molar-refractivity contribution in [2.45, 2.75) is 11.3 Å². The number of hydrogen-bond donors (Lipinski definition) is 1. The first-order chi connectivity index (χ1) is 12.6. The number of carbonyl (C=O) groups is 2. The van der Waals surface area contributed by atoms with Crippen molar-refractivity contribution >= 4 is 35.0 Å². The lowest BCUT2D eigenvalue weighted by Gasteiger charge is -2.17. The SMILES string of the molecule is CSc1cccc(NC(=O)C2CC(=O)N(c3ccc4c(c3)OCO4)C2)c1. The van der Waals surface area contributed by atoms with Crippen molar-refractivity contribution in [3.8, 4) is 11.5 Å². The van der Waals surface area contributed by atoms with Crippen molar-refractivity contribution in [1.29, 1.82) is 0 Å². The van der Waals surface area contributed by atoms with Gasteiger partial charge in [-0.15, -0.1) is 11.8 Å². The maximum absolute atomic E-state index is 12.6. The number of anilines is 2. The number of benzene rings is 2. The molecule has 1 fully saturated rings. The first-order valence-electron chi connectivity index (χ1n) is 8.29. The first kappa shape index (κ1) is 16.8. The molecule has 0 aromatic heterocycles. The molecule has 0 saturated carbocycles. The van der Waals surface area contributed by atoms with E-state index in [1.165, 1.54) is 0 Å². The highest BCUT2D eigenvalue weighted by Gasteiger charge is 2.35. The Morgan fingerprint density at radius 3 is 2.88 bits per heavy atom. The second kappa shape index (κ2) is 6.92.